The Balaban J connectivity index is 1.89. The Morgan fingerprint density at radius 2 is 1.48 bits per heavy atom. The molecule has 2 aromatic heterocycles. The third-order valence-corrected chi connectivity index (χ3v) is 6.13. The number of fused-ring (bicyclic) bond motifs is 3. The van der Waals surface area contributed by atoms with Crippen molar-refractivity contribution in [3.63, 3.8) is 0 Å². The van der Waals surface area contributed by atoms with Gasteiger partial charge in [0.1, 0.15) is 6.33 Å². The first kappa shape index (κ1) is 19.7. The van der Waals surface area contributed by atoms with Gasteiger partial charge in [0.25, 0.3) is 0 Å². The van der Waals surface area contributed by atoms with Crippen LogP contribution in [0.5, 0.6) is 0 Å². The van der Waals surface area contributed by atoms with Gasteiger partial charge in [0.05, 0.1) is 27.2 Å². The molecular weight excluding hydrogens is 438 g/mol. The van der Waals surface area contributed by atoms with E-state index in [-0.39, 0.29) is 27.4 Å². The van der Waals surface area contributed by atoms with Gasteiger partial charge in [0.15, 0.2) is 0 Å². The molecule has 0 bridgehead atoms. The van der Waals surface area contributed by atoms with Gasteiger partial charge in [-0.1, -0.05) is 24.3 Å². The molecule has 0 fully saturated rings. The zero-order chi connectivity index (χ0) is 22.0. The molecule has 0 aliphatic heterocycles. The first-order chi connectivity index (χ1) is 14.6. The number of halogens is 6. The van der Waals surface area contributed by atoms with Crippen LogP contribution < -0.4 is 0 Å². The van der Waals surface area contributed by atoms with E-state index in [1.807, 2.05) is 24.3 Å². The summed E-state index contributed by atoms with van der Waals surface area (Å²) in [5.41, 5.74) is -2.19. The van der Waals surface area contributed by atoms with E-state index in [4.69, 9.17) is 0 Å². The molecule has 5 aromatic rings. The Kier molecular flexibility index (Phi) is 4.23. The van der Waals surface area contributed by atoms with E-state index < -0.39 is 23.5 Å². The Labute approximate surface area is 174 Å². The van der Waals surface area contributed by atoms with Gasteiger partial charge in [-0.25, -0.2) is 9.97 Å². The fourth-order valence-corrected chi connectivity index (χ4v) is 4.76. The van der Waals surface area contributed by atoms with E-state index in [0.29, 0.717) is 10.9 Å². The van der Waals surface area contributed by atoms with Crippen LogP contribution in [0.4, 0.5) is 26.3 Å². The number of nitrogens with zero attached hydrogens (tertiary/aromatic N) is 2. The second kappa shape index (κ2) is 6.65. The highest BCUT2D eigenvalue weighted by Crippen LogP contribution is 2.44. The van der Waals surface area contributed by atoms with E-state index in [2.05, 4.69) is 9.97 Å². The van der Waals surface area contributed by atoms with Gasteiger partial charge in [0, 0.05) is 10.1 Å². The van der Waals surface area contributed by atoms with Crippen LogP contribution >= 0.6 is 11.3 Å². The van der Waals surface area contributed by atoms with Crippen LogP contribution in [-0.4, -0.2) is 9.97 Å². The quantitative estimate of drug-likeness (QED) is 0.194. The highest BCUT2D eigenvalue weighted by Gasteiger charge is 2.37. The lowest BCUT2D eigenvalue weighted by Gasteiger charge is -2.16. The fraction of sp³-hybridized carbons (Fsp3) is 0.0909. The molecule has 5 rings (SSSR count). The number of thiophene rings is 1. The van der Waals surface area contributed by atoms with E-state index in [9.17, 15) is 26.3 Å². The predicted octanol–water partition coefficient (Wildman–Crippen LogP) is 7.70. The number of rotatable bonds is 1. The molecule has 3 aromatic carbocycles. The van der Waals surface area contributed by atoms with Crippen molar-refractivity contribution in [2.75, 3.05) is 0 Å². The molecule has 2 nitrogen and oxygen atoms in total. The largest absolute Gasteiger partial charge is 0.419 e. The maximum absolute atomic E-state index is 14.0. The summed E-state index contributed by atoms with van der Waals surface area (Å²) in [6.07, 6.45) is -8.44. The summed E-state index contributed by atoms with van der Waals surface area (Å²) in [7, 11) is 0. The zero-order valence-electron chi connectivity index (χ0n) is 15.3. The lowest BCUT2D eigenvalue weighted by molar-refractivity contribution is -0.137. The molecule has 0 aliphatic rings. The molecule has 0 aliphatic carbocycles. The summed E-state index contributed by atoms with van der Waals surface area (Å²) < 4.78 is 82.5. The molecule has 2 heterocycles. The summed E-state index contributed by atoms with van der Waals surface area (Å²) in [5, 5.41) is 0.430. The third-order valence-electron chi connectivity index (χ3n) is 5.01. The van der Waals surface area contributed by atoms with Crippen molar-refractivity contribution < 1.29 is 26.3 Å². The number of hydrogen-bond acceptors (Lipinski definition) is 3. The summed E-state index contributed by atoms with van der Waals surface area (Å²) in [4.78, 5) is 8.65. The highest BCUT2D eigenvalue weighted by atomic mass is 32.1. The highest BCUT2D eigenvalue weighted by molar-refractivity contribution is 7.22. The number of hydrogen-bond donors (Lipinski definition) is 0. The standard InChI is InChI=1S/C22H10F6N2S/c23-21(24,25)13-5-6-14-12(7-13)8-15-19(17-9-11-3-1-2-4-16(11)31-17)29-10-30-20(15)18(14)22(26,27)28/h1-10H. The van der Waals surface area contributed by atoms with Crippen LogP contribution in [0.3, 0.4) is 0 Å². The van der Waals surface area contributed by atoms with Gasteiger partial charge < -0.3 is 0 Å². The summed E-state index contributed by atoms with van der Waals surface area (Å²) >= 11 is 1.34. The SMILES string of the molecule is FC(F)(F)c1ccc2c(C(F)(F)F)c3ncnc(-c4cc5ccccc5s4)c3cc2c1. The van der Waals surface area contributed by atoms with Crippen molar-refractivity contribution in [3.05, 3.63) is 72.1 Å². The molecular formula is C22H10F6N2S. The molecule has 9 heteroatoms. The normalized spacial score (nSPS) is 12.8. The number of alkyl halides is 6. The third kappa shape index (κ3) is 3.29. The van der Waals surface area contributed by atoms with Crippen LogP contribution in [0.1, 0.15) is 11.1 Å². The van der Waals surface area contributed by atoms with E-state index in [1.165, 1.54) is 17.4 Å². The predicted molar refractivity (Wildman–Crippen MR) is 108 cm³/mol. The van der Waals surface area contributed by atoms with Gasteiger partial charge in [0.2, 0.25) is 0 Å². The van der Waals surface area contributed by atoms with E-state index in [0.717, 1.165) is 28.5 Å². The number of benzene rings is 3. The Morgan fingerprint density at radius 3 is 2.19 bits per heavy atom. The van der Waals surface area contributed by atoms with Crippen LogP contribution in [0, 0.1) is 0 Å². The number of aromatic nitrogens is 2. The smallest absolute Gasteiger partial charge is 0.236 e. The Morgan fingerprint density at radius 1 is 0.710 bits per heavy atom. The molecule has 0 saturated carbocycles. The molecule has 0 atom stereocenters. The van der Waals surface area contributed by atoms with Crippen LogP contribution in [0.2, 0.25) is 0 Å². The second-order valence-corrected chi connectivity index (χ2v) is 8.03. The van der Waals surface area contributed by atoms with Gasteiger partial charge in [-0.05, 0) is 46.5 Å². The summed E-state index contributed by atoms with van der Waals surface area (Å²) in [6, 6.07) is 12.7. The van der Waals surface area contributed by atoms with Crippen molar-refractivity contribution in [2.45, 2.75) is 12.4 Å². The molecule has 31 heavy (non-hydrogen) atoms. The average Bonchev–Trinajstić information content (AvgIpc) is 3.13. The first-order valence-corrected chi connectivity index (χ1v) is 9.79. The molecule has 0 saturated heterocycles. The fourth-order valence-electron chi connectivity index (χ4n) is 3.68. The summed E-state index contributed by atoms with van der Waals surface area (Å²) in [6.45, 7) is 0. The van der Waals surface area contributed by atoms with Crippen molar-refractivity contribution in [1.29, 1.82) is 0 Å². The van der Waals surface area contributed by atoms with Crippen LogP contribution in [0.25, 0.3) is 42.3 Å². The zero-order valence-corrected chi connectivity index (χ0v) is 16.2. The van der Waals surface area contributed by atoms with Gasteiger partial charge in [-0.2, -0.15) is 26.3 Å². The maximum Gasteiger partial charge on any atom is 0.419 e. The van der Waals surface area contributed by atoms with Crippen molar-refractivity contribution >= 4 is 43.1 Å². The van der Waals surface area contributed by atoms with E-state index >= 15 is 0 Å². The molecule has 0 unspecified atom stereocenters. The minimum Gasteiger partial charge on any atom is -0.236 e. The topological polar surface area (TPSA) is 25.8 Å². The van der Waals surface area contributed by atoms with Crippen LogP contribution in [0.15, 0.2) is 60.9 Å². The van der Waals surface area contributed by atoms with Gasteiger partial charge in [-0.3, -0.25) is 0 Å². The monoisotopic (exact) mass is 448 g/mol. The van der Waals surface area contributed by atoms with Crippen LogP contribution in [-0.2, 0) is 12.4 Å². The summed E-state index contributed by atoms with van der Waals surface area (Å²) in [5.74, 6) is 0. The van der Waals surface area contributed by atoms with Crippen molar-refractivity contribution in [1.82, 2.24) is 9.97 Å². The van der Waals surface area contributed by atoms with E-state index in [1.54, 1.807) is 6.07 Å². The molecule has 0 N–H and O–H groups in total. The molecule has 0 radical (unpaired) electrons. The molecule has 156 valence electrons. The van der Waals surface area contributed by atoms with Gasteiger partial charge >= 0.3 is 12.4 Å². The van der Waals surface area contributed by atoms with Crippen molar-refractivity contribution in [3.8, 4) is 10.6 Å². The first-order valence-electron chi connectivity index (χ1n) is 8.98. The van der Waals surface area contributed by atoms with Crippen molar-refractivity contribution in [2.24, 2.45) is 0 Å². The molecule has 0 spiro atoms. The Bertz CT molecular complexity index is 1430. The Hall–Kier alpha value is -3.20. The lowest BCUT2D eigenvalue weighted by atomic mass is 9.97. The average molecular weight is 448 g/mol. The second-order valence-electron chi connectivity index (χ2n) is 6.95. The lowest BCUT2D eigenvalue weighted by Crippen LogP contribution is -2.10. The minimum atomic E-state index is -4.82. The minimum absolute atomic E-state index is 0.0493. The maximum atomic E-state index is 14.0. The molecule has 0 amide bonds. The van der Waals surface area contributed by atoms with Gasteiger partial charge in [-0.15, -0.1) is 11.3 Å².